The lowest BCUT2D eigenvalue weighted by molar-refractivity contribution is 0.0603. The molecule has 0 bridgehead atoms. The zero-order chi connectivity index (χ0) is 18.5. The molecule has 4 rings (SSSR count). The van der Waals surface area contributed by atoms with Crippen LogP contribution in [-0.4, -0.2) is 47.8 Å². The summed E-state index contributed by atoms with van der Waals surface area (Å²) in [4.78, 5) is 18.0. The molecule has 1 fully saturated rings. The van der Waals surface area contributed by atoms with Crippen LogP contribution in [-0.2, 0) is 14.6 Å². The fraction of sp³-hybridized carbons (Fsp3) is 0.353. The van der Waals surface area contributed by atoms with E-state index in [4.69, 9.17) is 9.72 Å². The van der Waals surface area contributed by atoms with Crippen LogP contribution in [0.2, 0.25) is 0 Å². The summed E-state index contributed by atoms with van der Waals surface area (Å²) in [6.07, 6.45) is 0.497. The monoisotopic (exact) mass is 391 g/mol. The number of carbonyl (C=O) groups excluding carboxylic acids is 1. The summed E-state index contributed by atoms with van der Waals surface area (Å²) in [6.45, 7) is 1.79. The van der Waals surface area contributed by atoms with Gasteiger partial charge in [0, 0.05) is 0 Å². The van der Waals surface area contributed by atoms with Gasteiger partial charge in [-0.25, -0.2) is 22.9 Å². The van der Waals surface area contributed by atoms with Crippen LogP contribution in [0.4, 0.5) is 0 Å². The van der Waals surface area contributed by atoms with Gasteiger partial charge in [0.05, 0.1) is 51.9 Å². The van der Waals surface area contributed by atoms with Crippen molar-refractivity contribution in [1.82, 2.24) is 14.8 Å². The molecule has 9 heteroatoms. The summed E-state index contributed by atoms with van der Waals surface area (Å²) in [7, 11) is -1.73. The molecule has 0 radical (unpaired) electrons. The van der Waals surface area contributed by atoms with E-state index in [1.54, 1.807) is 17.7 Å². The third-order valence-corrected chi connectivity index (χ3v) is 7.21. The Bertz CT molecular complexity index is 1100. The van der Waals surface area contributed by atoms with E-state index in [9.17, 15) is 13.2 Å². The third-order valence-electron chi connectivity index (χ3n) is 4.57. The average molecular weight is 391 g/mol. The maximum atomic E-state index is 12.4. The second kappa shape index (κ2) is 6.17. The summed E-state index contributed by atoms with van der Waals surface area (Å²) in [5, 5.41) is 7.07. The van der Waals surface area contributed by atoms with Crippen molar-refractivity contribution in [2.24, 2.45) is 0 Å². The van der Waals surface area contributed by atoms with E-state index in [0.29, 0.717) is 34.4 Å². The number of hydrogen-bond acceptors (Lipinski definition) is 7. The molecule has 0 saturated carbocycles. The average Bonchev–Trinajstić information content (AvgIpc) is 3.33. The Kier molecular flexibility index (Phi) is 4.07. The minimum absolute atomic E-state index is 0.0433. The van der Waals surface area contributed by atoms with Gasteiger partial charge in [-0.1, -0.05) is 6.07 Å². The number of pyridine rings is 1. The molecule has 0 N–H and O–H groups in total. The van der Waals surface area contributed by atoms with Gasteiger partial charge in [0.1, 0.15) is 0 Å². The van der Waals surface area contributed by atoms with Crippen molar-refractivity contribution in [3.8, 4) is 10.6 Å². The van der Waals surface area contributed by atoms with Crippen LogP contribution in [0, 0.1) is 6.92 Å². The number of fused-ring (bicyclic) bond motifs is 1. The highest BCUT2D eigenvalue weighted by atomic mass is 32.2. The van der Waals surface area contributed by atoms with Crippen LogP contribution >= 0.6 is 11.3 Å². The molecule has 7 nitrogen and oxygen atoms in total. The van der Waals surface area contributed by atoms with Crippen molar-refractivity contribution < 1.29 is 17.9 Å². The molecule has 1 aliphatic rings. The number of methoxy groups -OCH3 is 1. The van der Waals surface area contributed by atoms with Crippen molar-refractivity contribution in [2.75, 3.05) is 18.6 Å². The lowest BCUT2D eigenvalue weighted by Gasteiger charge is -2.11. The van der Waals surface area contributed by atoms with Crippen LogP contribution in [0.1, 0.15) is 28.5 Å². The number of sulfone groups is 1. The highest BCUT2D eigenvalue weighted by molar-refractivity contribution is 7.91. The molecule has 1 atom stereocenters. The van der Waals surface area contributed by atoms with Gasteiger partial charge in [-0.15, -0.1) is 11.3 Å². The van der Waals surface area contributed by atoms with Gasteiger partial charge in [0.25, 0.3) is 0 Å². The topological polar surface area (TPSA) is 91.2 Å². The van der Waals surface area contributed by atoms with Crippen LogP contribution in [0.3, 0.4) is 0 Å². The van der Waals surface area contributed by atoms with E-state index in [1.165, 1.54) is 18.4 Å². The zero-order valence-corrected chi connectivity index (χ0v) is 15.9. The molecule has 0 aliphatic carbocycles. The molecule has 0 aromatic carbocycles. The second-order valence-electron chi connectivity index (χ2n) is 6.31. The first-order valence-corrected chi connectivity index (χ1v) is 10.8. The van der Waals surface area contributed by atoms with Crippen molar-refractivity contribution >= 4 is 38.2 Å². The lowest BCUT2D eigenvalue weighted by Crippen LogP contribution is -2.13. The molecule has 1 aliphatic heterocycles. The minimum atomic E-state index is -3.07. The zero-order valence-electron chi connectivity index (χ0n) is 14.3. The summed E-state index contributed by atoms with van der Waals surface area (Å²) in [5.41, 5.74) is 2.20. The number of nitrogens with zero attached hydrogens (tertiary/aromatic N) is 3. The molecule has 0 amide bonds. The predicted octanol–water partition coefficient (Wildman–Crippen LogP) is 2.61. The van der Waals surface area contributed by atoms with Crippen molar-refractivity contribution in [1.29, 1.82) is 0 Å². The molecular weight excluding hydrogens is 374 g/mol. The van der Waals surface area contributed by atoms with Gasteiger partial charge in [-0.2, -0.15) is 5.10 Å². The van der Waals surface area contributed by atoms with Crippen molar-refractivity contribution in [3.63, 3.8) is 0 Å². The van der Waals surface area contributed by atoms with E-state index in [0.717, 1.165) is 4.88 Å². The number of hydrogen-bond donors (Lipinski definition) is 0. The Morgan fingerprint density at radius 1 is 1.42 bits per heavy atom. The van der Waals surface area contributed by atoms with E-state index < -0.39 is 15.8 Å². The van der Waals surface area contributed by atoms with Crippen molar-refractivity contribution in [3.05, 3.63) is 34.8 Å². The predicted molar refractivity (Wildman–Crippen MR) is 99.2 cm³/mol. The molecule has 1 saturated heterocycles. The van der Waals surface area contributed by atoms with Crippen LogP contribution in [0.5, 0.6) is 0 Å². The summed E-state index contributed by atoms with van der Waals surface area (Å²) in [5.74, 6) is -0.272. The van der Waals surface area contributed by atoms with Gasteiger partial charge < -0.3 is 4.74 Å². The van der Waals surface area contributed by atoms with Crippen LogP contribution in [0.15, 0.2) is 23.6 Å². The van der Waals surface area contributed by atoms with Gasteiger partial charge in [-0.3, -0.25) is 0 Å². The van der Waals surface area contributed by atoms with Crippen LogP contribution < -0.4 is 0 Å². The number of aryl methyl sites for hydroxylation is 1. The molecule has 26 heavy (non-hydrogen) atoms. The molecule has 3 aromatic heterocycles. The molecule has 0 unspecified atom stereocenters. The highest BCUT2D eigenvalue weighted by Crippen LogP contribution is 2.33. The molecular formula is C17H17N3O4S2. The van der Waals surface area contributed by atoms with E-state index >= 15 is 0 Å². The standard InChI is InChI=1S/C17H17N3O4S2/c1-10-15-12(17(21)24-2)8-13(14-4-3-6-25-14)18-16(15)20(19-10)11-5-7-26(22,23)9-11/h3-4,6,8,11H,5,7,9H2,1-2H3/t11-/m1/s1. The number of rotatable bonds is 3. The maximum Gasteiger partial charge on any atom is 0.338 e. The normalized spacial score (nSPS) is 19.1. The molecule has 136 valence electrons. The molecule has 0 spiro atoms. The Balaban J connectivity index is 1.97. The summed E-state index contributed by atoms with van der Waals surface area (Å²) >= 11 is 1.52. The maximum absolute atomic E-state index is 12.4. The fourth-order valence-electron chi connectivity index (χ4n) is 3.36. The molecule has 4 heterocycles. The summed E-state index contributed by atoms with van der Waals surface area (Å²) < 4.78 is 30.4. The Labute approximate surface area is 154 Å². The van der Waals surface area contributed by atoms with E-state index in [-0.39, 0.29) is 17.5 Å². The number of carbonyl (C=O) groups is 1. The summed E-state index contributed by atoms with van der Waals surface area (Å²) in [6, 6.07) is 5.28. The van der Waals surface area contributed by atoms with Crippen LogP contribution in [0.25, 0.3) is 21.6 Å². The fourth-order valence-corrected chi connectivity index (χ4v) is 5.74. The minimum Gasteiger partial charge on any atom is -0.465 e. The number of thiophene rings is 1. The third kappa shape index (κ3) is 2.80. The van der Waals surface area contributed by atoms with Gasteiger partial charge in [0.15, 0.2) is 15.5 Å². The number of esters is 1. The highest BCUT2D eigenvalue weighted by Gasteiger charge is 2.32. The van der Waals surface area contributed by atoms with Crippen molar-refractivity contribution in [2.45, 2.75) is 19.4 Å². The smallest absolute Gasteiger partial charge is 0.338 e. The van der Waals surface area contributed by atoms with Gasteiger partial charge >= 0.3 is 5.97 Å². The van der Waals surface area contributed by atoms with Gasteiger partial charge in [0.2, 0.25) is 0 Å². The Morgan fingerprint density at radius 2 is 2.23 bits per heavy atom. The first kappa shape index (κ1) is 17.2. The first-order valence-electron chi connectivity index (χ1n) is 8.12. The quantitative estimate of drug-likeness (QED) is 0.638. The largest absolute Gasteiger partial charge is 0.465 e. The van der Waals surface area contributed by atoms with E-state index in [2.05, 4.69) is 5.10 Å². The lowest BCUT2D eigenvalue weighted by atomic mass is 10.1. The number of aromatic nitrogens is 3. The second-order valence-corrected chi connectivity index (χ2v) is 9.49. The van der Waals surface area contributed by atoms with E-state index in [1.807, 2.05) is 17.5 Å². The first-order chi connectivity index (χ1) is 12.4. The number of ether oxygens (including phenoxy) is 1. The molecule has 3 aromatic rings. The Hall–Kier alpha value is -2.26. The van der Waals surface area contributed by atoms with Gasteiger partial charge in [-0.05, 0) is 30.9 Å². The Morgan fingerprint density at radius 3 is 2.85 bits per heavy atom. The SMILES string of the molecule is COC(=O)c1cc(-c2cccs2)nc2c1c(C)nn2[C@@H]1CCS(=O)(=O)C1.